The Morgan fingerprint density at radius 2 is 1.67 bits per heavy atom. The molecule has 4 atom stereocenters. The second kappa shape index (κ2) is 14.6. The minimum atomic E-state index is -1.40. The van der Waals surface area contributed by atoms with Gasteiger partial charge in [-0.15, -0.1) is 0 Å². The van der Waals surface area contributed by atoms with Gasteiger partial charge >= 0.3 is 0 Å². The first kappa shape index (κ1) is 32.6. The minimum Gasteiger partial charge on any atom is -0.365 e. The summed E-state index contributed by atoms with van der Waals surface area (Å²) in [5.41, 5.74) is 1.22. The van der Waals surface area contributed by atoms with E-state index in [9.17, 15) is 9.00 Å². The number of H-pyrrole nitrogens is 1. The van der Waals surface area contributed by atoms with Crippen LogP contribution < -0.4 is 4.31 Å². The van der Waals surface area contributed by atoms with Crippen LogP contribution in [0.1, 0.15) is 48.9 Å². The van der Waals surface area contributed by atoms with Crippen LogP contribution in [0.3, 0.4) is 0 Å². The van der Waals surface area contributed by atoms with Crippen molar-refractivity contribution in [3.63, 3.8) is 0 Å². The van der Waals surface area contributed by atoms with E-state index < -0.39 is 22.9 Å². The summed E-state index contributed by atoms with van der Waals surface area (Å²) in [5, 5.41) is 8.44. The summed E-state index contributed by atoms with van der Waals surface area (Å²) in [4.78, 5) is 20.5. The van der Waals surface area contributed by atoms with Crippen LogP contribution in [0.5, 0.6) is 0 Å². The summed E-state index contributed by atoms with van der Waals surface area (Å²) in [7, 11) is -1.40. The van der Waals surface area contributed by atoms with Gasteiger partial charge in [-0.25, -0.2) is 13.6 Å². The zero-order valence-corrected chi connectivity index (χ0v) is 27.7. The molecule has 8 nitrogen and oxygen atoms in total. The first-order valence-corrected chi connectivity index (χ1v) is 17.4. The summed E-state index contributed by atoms with van der Waals surface area (Å²) in [6.07, 6.45) is 3.11. The number of aryl methyl sites for hydroxylation is 1. The molecule has 242 valence electrons. The fourth-order valence-electron chi connectivity index (χ4n) is 5.71. The van der Waals surface area contributed by atoms with Crippen LogP contribution in [-0.4, -0.2) is 60.7 Å². The van der Waals surface area contributed by atoms with Crippen molar-refractivity contribution in [2.75, 3.05) is 17.5 Å². The molecule has 2 heterocycles. The van der Waals surface area contributed by atoms with Crippen molar-refractivity contribution < 1.29 is 18.1 Å². The maximum Gasteiger partial charge on any atom is 0.253 e. The normalized spacial score (nSPS) is 20.9. The van der Waals surface area contributed by atoms with Gasteiger partial charge in [-0.2, -0.15) is 5.10 Å². The number of benzene rings is 3. The van der Waals surface area contributed by atoms with Gasteiger partial charge in [-0.3, -0.25) is 14.2 Å². The number of nitrogens with zero attached hydrogens (tertiary/aromatic N) is 4. The van der Waals surface area contributed by atoms with Crippen LogP contribution in [0.25, 0.3) is 0 Å². The maximum absolute atomic E-state index is 15.0. The van der Waals surface area contributed by atoms with E-state index in [0.29, 0.717) is 22.4 Å². The van der Waals surface area contributed by atoms with Gasteiger partial charge in [0, 0.05) is 16.5 Å². The third kappa shape index (κ3) is 7.97. The smallest absolute Gasteiger partial charge is 0.253 e. The van der Waals surface area contributed by atoms with E-state index in [1.807, 2.05) is 66.4 Å². The summed E-state index contributed by atoms with van der Waals surface area (Å²) >= 11 is 11.7. The number of anilines is 1. The second-order valence-corrected chi connectivity index (χ2v) is 14.4. The predicted molar refractivity (Wildman–Crippen MR) is 178 cm³/mol. The van der Waals surface area contributed by atoms with E-state index in [-0.39, 0.29) is 48.7 Å². The fourth-order valence-corrected chi connectivity index (χ4v) is 7.52. The van der Waals surface area contributed by atoms with Crippen molar-refractivity contribution in [3.05, 3.63) is 112 Å². The van der Waals surface area contributed by atoms with Crippen molar-refractivity contribution in [3.8, 4) is 0 Å². The lowest BCUT2D eigenvalue weighted by Gasteiger charge is -2.45. The molecular weight excluding hydrogens is 648 g/mol. The average molecular weight is 685 g/mol. The zero-order valence-electron chi connectivity index (χ0n) is 25.4. The molecule has 1 N–H and O–H groups in total. The highest BCUT2D eigenvalue weighted by Gasteiger charge is 2.48. The third-order valence-corrected chi connectivity index (χ3v) is 10.7. The number of carbonyl (C=O) groups excluding carboxylic acids is 1. The number of aromatic nitrogens is 3. The molecule has 1 aliphatic heterocycles. The standard InChI is InChI=1S/C28H31ClFN5O3S.C6H5Cl/c1-17-31-27(33-32-17)14-26-28(36)35(25(16-38-26)19-8-10-20(29)11-9-19)24(18-6-7-18)15-34(39(37)21-12-13-21)23-5-3-2-4-22(23)30;7-6-4-2-1-3-5-6/h2-5,8-11,18,21,24-26H,6-7,12-16H2,1H3,(H,31,32,33);1-5H/t24?,25?,26-,39?;/m0./s1. The molecule has 4 aromatic rings. The third-order valence-electron chi connectivity index (χ3n) is 8.34. The number of morpholine rings is 1. The summed E-state index contributed by atoms with van der Waals surface area (Å²) < 4.78 is 36.5. The molecule has 0 spiro atoms. The molecule has 7 rings (SSSR count). The molecule has 12 heteroatoms. The van der Waals surface area contributed by atoms with Crippen molar-refractivity contribution in [1.82, 2.24) is 20.1 Å². The lowest BCUT2D eigenvalue weighted by atomic mass is 9.97. The predicted octanol–water partition coefficient (Wildman–Crippen LogP) is 6.87. The molecule has 3 fully saturated rings. The number of halogens is 3. The van der Waals surface area contributed by atoms with Crippen LogP contribution >= 0.6 is 23.2 Å². The van der Waals surface area contributed by atoms with E-state index in [1.54, 1.807) is 22.5 Å². The lowest BCUT2D eigenvalue weighted by Crippen LogP contribution is -2.58. The van der Waals surface area contributed by atoms with Crippen molar-refractivity contribution >= 4 is 45.8 Å². The van der Waals surface area contributed by atoms with Crippen LogP contribution in [0, 0.1) is 18.7 Å². The Kier molecular flexibility index (Phi) is 10.4. The number of rotatable bonds is 10. The first-order valence-electron chi connectivity index (χ1n) is 15.5. The number of carbonyl (C=O) groups is 1. The van der Waals surface area contributed by atoms with Gasteiger partial charge in [0.1, 0.15) is 28.7 Å². The van der Waals surface area contributed by atoms with Gasteiger partial charge in [-0.1, -0.05) is 65.7 Å². The second-order valence-electron chi connectivity index (χ2n) is 11.9. The van der Waals surface area contributed by atoms with Gasteiger partial charge < -0.3 is 9.64 Å². The number of nitrogens with one attached hydrogen (secondary N) is 1. The van der Waals surface area contributed by atoms with Crippen LogP contribution in [-0.2, 0) is 26.9 Å². The number of para-hydroxylation sites is 1. The maximum atomic E-state index is 15.0. The Morgan fingerprint density at radius 3 is 2.26 bits per heavy atom. The first-order chi connectivity index (χ1) is 22.3. The van der Waals surface area contributed by atoms with Crippen LogP contribution in [0.4, 0.5) is 10.1 Å². The number of hydrogen-bond acceptors (Lipinski definition) is 5. The van der Waals surface area contributed by atoms with E-state index in [0.717, 1.165) is 36.3 Å². The van der Waals surface area contributed by atoms with E-state index in [1.165, 1.54) is 6.07 Å². The summed E-state index contributed by atoms with van der Waals surface area (Å²) in [6, 6.07) is 22.7. The molecule has 1 amide bonds. The molecule has 3 unspecified atom stereocenters. The zero-order chi connectivity index (χ0) is 32.2. The highest BCUT2D eigenvalue weighted by Crippen LogP contribution is 2.43. The van der Waals surface area contributed by atoms with E-state index in [4.69, 9.17) is 27.9 Å². The highest BCUT2D eigenvalue weighted by atomic mass is 35.5. The van der Waals surface area contributed by atoms with Gasteiger partial charge in [0.2, 0.25) is 0 Å². The summed E-state index contributed by atoms with van der Waals surface area (Å²) in [5.74, 6) is 0.830. The Labute approximate surface area is 280 Å². The van der Waals surface area contributed by atoms with Gasteiger partial charge in [0.15, 0.2) is 5.82 Å². The monoisotopic (exact) mass is 683 g/mol. The molecule has 2 aliphatic carbocycles. The van der Waals surface area contributed by atoms with Crippen LogP contribution in [0.2, 0.25) is 10.0 Å². The Balaban J connectivity index is 0.000000471. The Bertz CT molecular complexity index is 1650. The SMILES string of the molecule is Cc1nc(C[C@@H]2OCC(c3ccc(Cl)cc3)N(C(CN(c3ccccc3F)S(=O)C3CC3)C3CC3)C2=O)n[nH]1.Clc1ccccc1. The minimum absolute atomic E-state index is 0.0126. The number of hydrogen-bond donors (Lipinski definition) is 1. The highest BCUT2D eigenvalue weighted by molar-refractivity contribution is 7.87. The van der Waals surface area contributed by atoms with Crippen LogP contribution in [0.15, 0.2) is 78.9 Å². The Morgan fingerprint density at radius 1 is 1.00 bits per heavy atom. The molecule has 2 saturated carbocycles. The summed E-state index contributed by atoms with van der Waals surface area (Å²) in [6.45, 7) is 2.37. The topological polar surface area (TPSA) is 91.4 Å². The van der Waals surface area contributed by atoms with Gasteiger partial charge in [0.25, 0.3) is 5.91 Å². The van der Waals surface area contributed by atoms with E-state index in [2.05, 4.69) is 15.2 Å². The molecule has 3 aliphatic rings. The molecular formula is C34H36Cl2FN5O3S. The number of aromatic amines is 1. The number of ether oxygens (including phenoxy) is 1. The molecule has 46 heavy (non-hydrogen) atoms. The van der Waals surface area contributed by atoms with Crippen molar-refractivity contribution in [2.24, 2.45) is 5.92 Å². The number of amides is 1. The molecule has 1 saturated heterocycles. The lowest BCUT2D eigenvalue weighted by molar-refractivity contribution is -0.164. The fraction of sp³-hybridized carbons (Fsp3) is 0.382. The van der Waals surface area contributed by atoms with Crippen molar-refractivity contribution in [1.29, 1.82) is 0 Å². The Hall–Kier alpha value is -3.31. The van der Waals surface area contributed by atoms with E-state index >= 15 is 4.39 Å². The molecule has 3 aromatic carbocycles. The van der Waals surface area contributed by atoms with Gasteiger partial charge in [0.05, 0.1) is 36.2 Å². The molecule has 1 aromatic heterocycles. The average Bonchev–Trinajstić information content (AvgIpc) is 3.99. The molecule has 0 bridgehead atoms. The van der Waals surface area contributed by atoms with Gasteiger partial charge in [-0.05, 0) is 80.5 Å². The largest absolute Gasteiger partial charge is 0.365 e. The quantitative estimate of drug-likeness (QED) is 0.197. The molecule has 0 radical (unpaired) electrons. The van der Waals surface area contributed by atoms with Crippen molar-refractivity contribution in [2.45, 2.75) is 62.5 Å².